The average molecular weight is 394 g/mol. The van der Waals surface area contributed by atoms with Crippen LogP contribution in [0.5, 0.6) is 5.75 Å². The molecule has 1 aliphatic rings. The lowest BCUT2D eigenvalue weighted by Crippen LogP contribution is -2.50. The Kier molecular flexibility index (Phi) is 6.40. The third-order valence-corrected chi connectivity index (χ3v) is 5.87. The van der Waals surface area contributed by atoms with Gasteiger partial charge in [-0.2, -0.15) is 0 Å². The first-order chi connectivity index (χ1) is 12.5. The van der Waals surface area contributed by atoms with Gasteiger partial charge >= 0.3 is 0 Å². The number of carbonyl (C=O) groups is 1. The molecule has 0 spiro atoms. The van der Waals surface area contributed by atoms with Crippen molar-refractivity contribution in [3.8, 4) is 5.75 Å². The number of benzene rings is 1. The standard InChI is InChI=1S/C19H24ClN3O2S/c1-2-22(13-17-7-8-18(20)26-17)19(25)14-21-9-11-23(12-10-21)15-3-5-16(24)6-4-15/h3-8,24H,2,9-14H2,1H3. The number of aromatic hydroxyl groups is 1. The number of hydrogen-bond donors (Lipinski definition) is 1. The van der Waals surface area contributed by atoms with Gasteiger partial charge in [-0.3, -0.25) is 9.69 Å². The van der Waals surface area contributed by atoms with Crippen LogP contribution in [-0.2, 0) is 11.3 Å². The van der Waals surface area contributed by atoms with Crippen molar-refractivity contribution in [1.29, 1.82) is 0 Å². The van der Waals surface area contributed by atoms with Crippen LogP contribution in [-0.4, -0.2) is 60.1 Å². The molecule has 1 saturated heterocycles. The van der Waals surface area contributed by atoms with E-state index in [1.54, 1.807) is 12.1 Å². The van der Waals surface area contributed by atoms with Gasteiger partial charge in [-0.25, -0.2) is 0 Å². The van der Waals surface area contributed by atoms with Crippen LogP contribution in [0.25, 0.3) is 0 Å². The van der Waals surface area contributed by atoms with Gasteiger partial charge in [0.2, 0.25) is 5.91 Å². The number of thiophene rings is 1. The van der Waals surface area contributed by atoms with E-state index in [1.165, 1.54) is 11.3 Å². The number of piperazine rings is 1. The van der Waals surface area contributed by atoms with Crippen molar-refractivity contribution in [3.05, 3.63) is 45.6 Å². The van der Waals surface area contributed by atoms with Crippen molar-refractivity contribution in [2.24, 2.45) is 0 Å². The largest absolute Gasteiger partial charge is 0.508 e. The molecule has 0 unspecified atom stereocenters. The first-order valence-electron chi connectivity index (χ1n) is 8.83. The Balaban J connectivity index is 1.49. The minimum Gasteiger partial charge on any atom is -0.508 e. The van der Waals surface area contributed by atoms with E-state index in [0.29, 0.717) is 19.6 Å². The van der Waals surface area contributed by atoms with Crippen LogP contribution in [0, 0.1) is 0 Å². The van der Waals surface area contributed by atoms with Gasteiger partial charge in [0, 0.05) is 43.3 Å². The van der Waals surface area contributed by atoms with E-state index in [-0.39, 0.29) is 11.7 Å². The molecule has 7 heteroatoms. The Morgan fingerprint density at radius 1 is 1.15 bits per heavy atom. The molecule has 0 radical (unpaired) electrons. The van der Waals surface area contributed by atoms with Crippen molar-refractivity contribution in [3.63, 3.8) is 0 Å². The molecular formula is C19H24ClN3O2S. The Morgan fingerprint density at radius 3 is 2.42 bits per heavy atom. The van der Waals surface area contributed by atoms with E-state index in [0.717, 1.165) is 41.1 Å². The summed E-state index contributed by atoms with van der Waals surface area (Å²) in [6.07, 6.45) is 0. The maximum absolute atomic E-state index is 12.7. The summed E-state index contributed by atoms with van der Waals surface area (Å²) in [5.74, 6) is 0.444. The molecule has 0 aliphatic carbocycles. The highest BCUT2D eigenvalue weighted by atomic mass is 35.5. The lowest BCUT2D eigenvalue weighted by atomic mass is 10.2. The van der Waals surface area contributed by atoms with Gasteiger partial charge in [-0.1, -0.05) is 11.6 Å². The van der Waals surface area contributed by atoms with Gasteiger partial charge in [0.05, 0.1) is 17.4 Å². The molecule has 0 bridgehead atoms. The SMILES string of the molecule is CCN(Cc1ccc(Cl)s1)C(=O)CN1CCN(c2ccc(O)cc2)CC1. The van der Waals surface area contributed by atoms with Gasteiger partial charge in [-0.15, -0.1) is 11.3 Å². The summed E-state index contributed by atoms with van der Waals surface area (Å²) in [4.78, 5) is 20.1. The molecule has 1 aromatic carbocycles. The number of carbonyl (C=O) groups excluding carboxylic acids is 1. The monoisotopic (exact) mass is 393 g/mol. The average Bonchev–Trinajstić information content (AvgIpc) is 3.06. The van der Waals surface area contributed by atoms with Crippen LogP contribution in [0.1, 0.15) is 11.8 Å². The van der Waals surface area contributed by atoms with E-state index < -0.39 is 0 Å². The Bertz CT molecular complexity index is 727. The highest BCUT2D eigenvalue weighted by molar-refractivity contribution is 7.16. The fourth-order valence-corrected chi connectivity index (χ4v) is 4.22. The third kappa shape index (κ3) is 4.90. The quantitative estimate of drug-likeness (QED) is 0.818. The first-order valence-corrected chi connectivity index (χ1v) is 10.0. The summed E-state index contributed by atoms with van der Waals surface area (Å²) < 4.78 is 0.758. The zero-order valence-corrected chi connectivity index (χ0v) is 16.5. The summed E-state index contributed by atoms with van der Waals surface area (Å²) in [7, 11) is 0. The third-order valence-electron chi connectivity index (χ3n) is 4.66. The van der Waals surface area contributed by atoms with E-state index in [1.807, 2.05) is 36.1 Å². The van der Waals surface area contributed by atoms with E-state index >= 15 is 0 Å². The van der Waals surface area contributed by atoms with Crippen molar-refractivity contribution in [1.82, 2.24) is 9.80 Å². The summed E-state index contributed by atoms with van der Waals surface area (Å²) in [5, 5.41) is 9.40. The summed E-state index contributed by atoms with van der Waals surface area (Å²) in [6, 6.07) is 11.1. The molecule has 0 saturated carbocycles. The zero-order chi connectivity index (χ0) is 18.5. The van der Waals surface area contributed by atoms with E-state index in [4.69, 9.17) is 11.6 Å². The van der Waals surface area contributed by atoms with Crippen molar-refractivity contribution < 1.29 is 9.90 Å². The van der Waals surface area contributed by atoms with Crippen LogP contribution >= 0.6 is 22.9 Å². The Labute approximate surface area is 163 Å². The highest BCUT2D eigenvalue weighted by Gasteiger charge is 2.22. The Morgan fingerprint density at radius 2 is 1.85 bits per heavy atom. The van der Waals surface area contributed by atoms with Crippen molar-refractivity contribution in [2.75, 3.05) is 44.2 Å². The molecule has 0 atom stereocenters. The second kappa shape index (κ2) is 8.75. The molecule has 2 heterocycles. The predicted octanol–water partition coefficient (Wildman–Crippen LogP) is 3.28. The molecule has 1 amide bonds. The van der Waals surface area contributed by atoms with Crippen molar-refractivity contribution >= 4 is 34.5 Å². The lowest BCUT2D eigenvalue weighted by molar-refractivity contribution is -0.132. The second-order valence-corrected chi connectivity index (χ2v) is 8.19. The highest BCUT2D eigenvalue weighted by Crippen LogP contribution is 2.23. The molecule has 1 fully saturated rings. The van der Waals surface area contributed by atoms with Crippen LogP contribution in [0.4, 0.5) is 5.69 Å². The van der Waals surface area contributed by atoms with Gasteiger partial charge < -0.3 is 14.9 Å². The maximum atomic E-state index is 12.7. The summed E-state index contributed by atoms with van der Waals surface area (Å²) in [5.41, 5.74) is 1.11. The lowest BCUT2D eigenvalue weighted by Gasteiger charge is -2.36. The number of anilines is 1. The van der Waals surface area contributed by atoms with Gasteiger partial charge in [0.1, 0.15) is 5.75 Å². The van der Waals surface area contributed by atoms with Gasteiger partial charge in [-0.05, 0) is 43.3 Å². The van der Waals surface area contributed by atoms with Crippen LogP contribution in [0.2, 0.25) is 4.34 Å². The van der Waals surface area contributed by atoms with E-state index in [9.17, 15) is 9.90 Å². The number of phenols is 1. The zero-order valence-electron chi connectivity index (χ0n) is 14.9. The van der Waals surface area contributed by atoms with Crippen LogP contribution < -0.4 is 4.90 Å². The maximum Gasteiger partial charge on any atom is 0.237 e. The minimum atomic E-state index is 0.162. The number of hydrogen-bond acceptors (Lipinski definition) is 5. The molecule has 1 aliphatic heterocycles. The fraction of sp³-hybridized carbons (Fsp3) is 0.421. The minimum absolute atomic E-state index is 0.162. The second-order valence-electron chi connectivity index (χ2n) is 6.39. The number of halogens is 1. The van der Waals surface area contributed by atoms with Crippen molar-refractivity contribution in [2.45, 2.75) is 13.5 Å². The van der Waals surface area contributed by atoms with Crippen LogP contribution in [0.15, 0.2) is 36.4 Å². The smallest absolute Gasteiger partial charge is 0.237 e. The molecule has 5 nitrogen and oxygen atoms in total. The summed E-state index contributed by atoms with van der Waals surface area (Å²) >= 11 is 7.51. The Hall–Kier alpha value is -1.76. The van der Waals surface area contributed by atoms with Crippen LogP contribution in [0.3, 0.4) is 0 Å². The van der Waals surface area contributed by atoms with Gasteiger partial charge in [0.15, 0.2) is 0 Å². The molecular weight excluding hydrogens is 370 g/mol. The predicted molar refractivity (Wildman–Crippen MR) is 107 cm³/mol. The fourth-order valence-electron chi connectivity index (χ4n) is 3.12. The van der Waals surface area contributed by atoms with E-state index in [2.05, 4.69) is 9.80 Å². The van der Waals surface area contributed by atoms with Gasteiger partial charge in [0.25, 0.3) is 0 Å². The number of amides is 1. The molecule has 1 N–H and O–H groups in total. The number of rotatable bonds is 6. The molecule has 26 heavy (non-hydrogen) atoms. The molecule has 1 aromatic heterocycles. The molecule has 3 rings (SSSR count). The number of nitrogens with zero attached hydrogens (tertiary/aromatic N) is 3. The molecule has 140 valence electrons. The first kappa shape index (κ1) is 19.0. The molecule has 2 aromatic rings. The normalized spacial score (nSPS) is 15.2. The topological polar surface area (TPSA) is 47.0 Å². The summed E-state index contributed by atoms with van der Waals surface area (Å²) in [6.45, 7) is 7.26. The number of phenolic OH excluding ortho intramolecular Hbond substituents is 1. The number of likely N-dealkylation sites (N-methyl/N-ethyl adjacent to an activating group) is 1.